The van der Waals surface area contributed by atoms with Gasteiger partial charge in [-0.15, -0.1) is 0 Å². The van der Waals surface area contributed by atoms with Gasteiger partial charge < -0.3 is 10.6 Å². The topological polar surface area (TPSA) is 58.2 Å². The van der Waals surface area contributed by atoms with Crippen LogP contribution in [0.1, 0.15) is 35.3 Å². The highest BCUT2D eigenvalue weighted by Crippen LogP contribution is 2.29. The van der Waals surface area contributed by atoms with Crippen molar-refractivity contribution < 1.29 is 22.8 Å². The highest BCUT2D eigenvalue weighted by atomic mass is 35.5. The molecule has 0 fully saturated rings. The Kier molecular flexibility index (Phi) is 7.07. The lowest BCUT2D eigenvalue weighted by atomic mass is 10.0. The van der Waals surface area contributed by atoms with Crippen LogP contribution in [-0.4, -0.2) is 17.9 Å². The molecule has 28 heavy (non-hydrogen) atoms. The van der Waals surface area contributed by atoms with Crippen molar-refractivity contribution in [1.82, 2.24) is 10.6 Å². The van der Waals surface area contributed by atoms with Gasteiger partial charge in [-0.1, -0.05) is 37.6 Å². The number of benzene rings is 2. The maximum Gasteiger partial charge on any atom is 0.416 e. The van der Waals surface area contributed by atoms with E-state index in [1.54, 1.807) is 38.1 Å². The van der Waals surface area contributed by atoms with Crippen LogP contribution < -0.4 is 10.6 Å². The van der Waals surface area contributed by atoms with Crippen LogP contribution in [0.5, 0.6) is 0 Å². The second kappa shape index (κ2) is 9.10. The molecule has 0 aliphatic heterocycles. The Hall–Kier alpha value is -2.54. The predicted molar refractivity (Wildman–Crippen MR) is 101 cm³/mol. The molecule has 2 aromatic carbocycles. The molecule has 0 saturated carbocycles. The summed E-state index contributed by atoms with van der Waals surface area (Å²) < 4.78 is 37.8. The molecule has 0 saturated heterocycles. The second-order valence-corrected chi connectivity index (χ2v) is 7.05. The highest BCUT2D eigenvalue weighted by Gasteiger charge is 2.30. The van der Waals surface area contributed by atoms with Gasteiger partial charge in [0.1, 0.15) is 6.04 Å². The summed E-state index contributed by atoms with van der Waals surface area (Å²) in [6.45, 7) is 3.62. The zero-order valence-corrected chi connectivity index (χ0v) is 16.1. The Labute approximate surface area is 166 Å². The van der Waals surface area contributed by atoms with Gasteiger partial charge in [-0.3, -0.25) is 9.59 Å². The quantitative estimate of drug-likeness (QED) is 0.737. The highest BCUT2D eigenvalue weighted by molar-refractivity contribution is 6.30. The molecule has 2 aromatic rings. The van der Waals surface area contributed by atoms with Gasteiger partial charge in [0.05, 0.1) is 5.56 Å². The van der Waals surface area contributed by atoms with E-state index in [0.717, 1.165) is 12.1 Å². The number of carbonyl (C=O) groups is 2. The minimum Gasteiger partial charge on any atom is -0.350 e. The molecule has 0 aliphatic rings. The third-order valence-electron chi connectivity index (χ3n) is 4.09. The molecule has 0 heterocycles. The molecule has 150 valence electrons. The van der Waals surface area contributed by atoms with E-state index in [1.165, 1.54) is 12.1 Å². The van der Waals surface area contributed by atoms with Gasteiger partial charge >= 0.3 is 6.18 Å². The molecule has 0 unspecified atom stereocenters. The summed E-state index contributed by atoms with van der Waals surface area (Å²) in [7, 11) is 0. The standard InChI is InChI=1S/C20H20ClF3N2O2/c1-12(2)17(26-18(27)14-5-9-16(21)10-6-14)19(28)25-11-13-3-7-15(8-4-13)20(22,23)24/h3-10,12,17H,11H2,1-2H3,(H,25,28)(H,26,27)/t17-/m0/s1. The van der Waals surface area contributed by atoms with Crippen LogP contribution in [0.2, 0.25) is 5.02 Å². The normalized spacial score (nSPS) is 12.5. The van der Waals surface area contributed by atoms with Crippen LogP contribution in [0.25, 0.3) is 0 Å². The number of hydrogen-bond acceptors (Lipinski definition) is 2. The maximum absolute atomic E-state index is 12.6. The van der Waals surface area contributed by atoms with E-state index in [0.29, 0.717) is 16.1 Å². The predicted octanol–water partition coefficient (Wildman–Crippen LogP) is 4.43. The minimum absolute atomic E-state index is 0.0526. The number of amides is 2. The molecule has 1 atom stereocenters. The fourth-order valence-corrected chi connectivity index (χ4v) is 2.60. The summed E-state index contributed by atoms with van der Waals surface area (Å²) in [5, 5.41) is 5.81. The van der Waals surface area contributed by atoms with Crippen LogP contribution in [0.4, 0.5) is 13.2 Å². The fourth-order valence-electron chi connectivity index (χ4n) is 2.47. The summed E-state index contributed by atoms with van der Waals surface area (Å²) in [5.41, 5.74) is 0.135. The Morgan fingerprint density at radius 2 is 1.57 bits per heavy atom. The molecule has 2 rings (SSSR count). The average Bonchev–Trinajstić information content (AvgIpc) is 2.64. The lowest BCUT2D eigenvalue weighted by Crippen LogP contribution is -2.49. The van der Waals surface area contributed by atoms with E-state index < -0.39 is 29.6 Å². The molecule has 0 aromatic heterocycles. The van der Waals surface area contributed by atoms with Gasteiger partial charge in [-0.05, 0) is 47.9 Å². The van der Waals surface area contributed by atoms with E-state index >= 15 is 0 Å². The van der Waals surface area contributed by atoms with Crippen molar-refractivity contribution in [3.63, 3.8) is 0 Å². The van der Waals surface area contributed by atoms with Crippen molar-refractivity contribution in [1.29, 1.82) is 0 Å². The van der Waals surface area contributed by atoms with Gasteiger partial charge in [0.25, 0.3) is 5.91 Å². The molecule has 2 N–H and O–H groups in total. The molecule has 0 radical (unpaired) electrons. The number of carbonyl (C=O) groups excluding carboxylic acids is 2. The molecule has 8 heteroatoms. The number of halogens is 4. The Balaban J connectivity index is 1.99. The van der Waals surface area contributed by atoms with Crippen LogP contribution in [0.3, 0.4) is 0 Å². The summed E-state index contributed by atoms with van der Waals surface area (Å²) in [4.78, 5) is 24.8. The second-order valence-electron chi connectivity index (χ2n) is 6.61. The summed E-state index contributed by atoms with van der Waals surface area (Å²) in [6, 6.07) is 9.99. The zero-order valence-electron chi connectivity index (χ0n) is 15.3. The van der Waals surface area contributed by atoms with Crippen LogP contribution in [0.15, 0.2) is 48.5 Å². The Bertz CT molecular complexity index is 819. The third-order valence-corrected chi connectivity index (χ3v) is 4.34. The van der Waals surface area contributed by atoms with E-state index in [4.69, 9.17) is 11.6 Å². The van der Waals surface area contributed by atoms with Crippen LogP contribution >= 0.6 is 11.6 Å². The van der Waals surface area contributed by atoms with Crippen molar-refractivity contribution in [2.75, 3.05) is 0 Å². The van der Waals surface area contributed by atoms with Gasteiger partial charge in [0.15, 0.2) is 0 Å². The Morgan fingerprint density at radius 3 is 2.07 bits per heavy atom. The van der Waals surface area contributed by atoms with Crippen molar-refractivity contribution >= 4 is 23.4 Å². The molecule has 0 aliphatic carbocycles. The molecule has 2 amide bonds. The van der Waals surface area contributed by atoms with Crippen molar-refractivity contribution in [2.24, 2.45) is 5.92 Å². The molecule has 0 spiro atoms. The number of hydrogen-bond donors (Lipinski definition) is 2. The lowest BCUT2D eigenvalue weighted by molar-refractivity contribution is -0.137. The van der Waals surface area contributed by atoms with Gasteiger partial charge in [-0.25, -0.2) is 0 Å². The smallest absolute Gasteiger partial charge is 0.350 e. The first kappa shape index (κ1) is 21.8. The van der Waals surface area contributed by atoms with E-state index in [1.807, 2.05) is 0 Å². The number of nitrogens with one attached hydrogen (secondary N) is 2. The van der Waals surface area contributed by atoms with Crippen molar-refractivity contribution in [2.45, 2.75) is 32.6 Å². The fraction of sp³-hybridized carbons (Fsp3) is 0.300. The van der Waals surface area contributed by atoms with Crippen LogP contribution in [0, 0.1) is 5.92 Å². The van der Waals surface area contributed by atoms with E-state index in [-0.39, 0.29) is 12.5 Å². The molecule has 4 nitrogen and oxygen atoms in total. The third kappa shape index (κ3) is 5.99. The SMILES string of the molecule is CC(C)[C@H](NC(=O)c1ccc(Cl)cc1)C(=O)NCc1ccc(C(F)(F)F)cc1. The summed E-state index contributed by atoms with van der Waals surface area (Å²) in [6.07, 6.45) is -4.41. The molecule has 0 bridgehead atoms. The molecular weight excluding hydrogens is 393 g/mol. The zero-order chi connectivity index (χ0) is 20.9. The monoisotopic (exact) mass is 412 g/mol. The molecular formula is C20H20ClF3N2O2. The van der Waals surface area contributed by atoms with E-state index in [9.17, 15) is 22.8 Å². The van der Waals surface area contributed by atoms with Crippen LogP contribution in [-0.2, 0) is 17.5 Å². The van der Waals surface area contributed by atoms with Crippen molar-refractivity contribution in [3.8, 4) is 0 Å². The van der Waals surface area contributed by atoms with Crippen molar-refractivity contribution in [3.05, 3.63) is 70.2 Å². The summed E-state index contributed by atoms with van der Waals surface area (Å²) >= 11 is 5.80. The number of alkyl halides is 3. The average molecular weight is 413 g/mol. The first-order chi connectivity index (χ1) is 13.1. The van der Waals surface area contributed by atoms with Gasteiger partial charge in [0.2, 0.25) is 5.91 Å². The largest absolute Gasteiger partial charge is 0.416 e. The first-order valence-electron chi connectivity index (χ1n) is 8.58. The number of rotatable bonds is 6. The van der Waals surface area contributed by atoms with E-state index in [2.05, 4.69) is 10.6 Å². The first-order valence-corrected chi connectivity index (χ1v) is 8.96. The van der Waals surface area contributed by atoms with Gasteiger partial charge in [-0.2, -0.15) is 13.2 Å². The lowest BCUT2D eigenvalue weighted by Gasteiger charge is -2.22. The maximum atomic E-state index is 12.6. The van der Waals surface area contributed by atoms with Gasteiger partial charge in [0, 0.05) is 17.1 Å². The minimum atomic E-state index is -4.41. The summed E-state index contributed by atoms with van der Waals surface area (Å²) in [5.74, 6) is -1.03. The Morgan fingerprint density at radius 1 is 1.00 bits per heavy atom.